The van der Waals surface area contributed by atoms with E-state index in [0.717, 1.165) is 0 Å². The first-order valence-electron chi connectivity index (χ1n) is 6.90. The number of rotatable bonds is 3. The van der Waals surface area contributed by atoms with Gasteiger partial charge in [-0.25, -0.2) is 4.79 Å². The number of halogens is 1. The lowest BCUT2D eigenvalue weighted by Crippen LogP contribution is -2.32. The van der Waals surface area contributed by atoms with Gasteiger partial charge >= 0.3 is 14.3 Å². The summed E-state index contributed by atoms with van der Waals surface area (Å²) < 4.78 is 24.0. The summed E-state index contributed by atoms with van der Waals surface area (Å²) in [5, 5.41) is 0.209. The van der Waals surface area contributed by atoms with Crippen LogP contribution in [0.4, 0.5) is 5.82 Å². The Labute approximate surface area is 133 Å². The Hall–Kier alpha value is -0.760. The summed E-state index contributed by atoms with van der Waals surface area (Å²) in [6.07, 6.45) is 1.00. The molecular formula is C12H17ClN3O5P. The topological polar surface area (TPSA) is 97.8 Å². The molecule has 4 unspecified atom stereocenters. The summed E-state index contributed by atoms with van der Waals surface area (Å²) in [5.41, 5.74) is 5.01. The molecule has 0 aromatic carbocycles. The zero-order valence-corrected chi connectivity index (χ0v) is 13.8. The molecule has 10 heteroatoms. The first-order valence-corrected chi connectivity index (χ1v) is 8.37. The molecule has 122 valence electrons. The molecule has 0 aliphatic carbocycles. The maximum Gasteiger partial charge on any atom is 0.351 e. The molecule has 3 heterocycles. The van der Waals surface area contributed by atoms with Crippen LogP contribution in [0.25, 0.3) is 0 Å². The lowest BCUT2D eigenvalue weighted by Gasteiger charge is -2.30. The highest BCUT2D eigenvalue weighted by atomic mass is 35.5. The maximum absolute atomic E-state index is 11.9. The molecule has 22 heavy (non-hydrogen) atoms. The van der Waals surface area contributed by atoms with E-state index in [1.54, 1.807) is 0 Å². The van der Waals surface area contributed by atoms with Crippen LogP contribution in [-0.4, -0.2) is 34.5 Å². The molecule has 0 bridgehead atoms. The summed E-state index contributed by atoms with van der Waals surface area (Å²) in [6, 6.07) is 0. The zero-order chi connectivity index (χ0) is 15.9. The number of nitrogens with two attached hydrogens (primary N) is 1. The third-order valence-corrected chi connectivity index (χ3v) is 4.98. The van der Waals surface area contributed by atoms with Gasteiger partial charge in [0.05, 0.1) is 23.8 Å². The summed E-state index contributed by atoms with van der Waals surface area (Å²) in [4.78, 5) is 15.6. The summed E-state index contributed by atoms with van der Waals surface area (Å²) in [7, 11) is -1.38. The Morgan fingerprint density at radius 2 is 2.32 bits per heavy atom. The summed E-state index contributed by atoms with van der Waals surface area (Å²) in [6.45, 7) is 4.19. The van der Waals surface area contributed by atoms with Crippen LogP contribution in [0.5, 0.6) is 0 Å². The third-order valence-electron chi connectivity index (χ3n) is 3.29. The minimum Gasteiger partial charge on any atom is -0.382 e. The van der Waals surface area contributed by atoms with Crippen molar-refractivity contribution in [2.24, 2.45) is 0 Å². The Morgan fingerprint density at radius 1 is 1.55 bits per heavy atom. The van der Waals surface area contributed by atoms with Crippen LogP contribution in [0.3, 0.4) is 0 Å². The first kappa shape index (κ1) is 16.1. The highest BCUT2D eigenvalue weighted by Crippen LogP contribution is 2.50. The predicted molar refractivity (Wildman–Crippen MR) is 80.4 cm³/mol. The number of hydrogen-bond acceptors (Lipinski definition) is 7. The van der Waals surface area contributed by atoms with Gasteiger partial charge in [0.1, 0.15) is 18.1 Å². The lowest BCUT2D eigenvalue weighted by atomic mass is 10.2. The van der Waals surface area contributed by atoms with Gasteiger partial charge in [-0.15, -0.1) is 0 Å². The van der Waals surface area contributed by atoms with Gasteiger partial charge in [0.15, 0.2) is 0 Å². The molecule has 0 amide bonds. The highest BCUT2D eigenvalue weighted by molar-refractivity contribution is 7.41. The molecule has 0 spiro atoms. The first-order chi connectivity index (χ1) is 10.4. The van der Waals surface area contributed by atoms with E-state index in [1.807, 2.05) is 13.8 Å². The summed E-state index contributed by atoms with van der Waals surface area (Å²) in [5.74, 6) is 0.00627. The number of aromatic nitrogens is 2. The maximum atomic E-state index is 11.9. The molecule has 2 fully saturated rings. The quantitative estimate of drug-likeness (QED) is 0.831. The van der Waals surface area contributed by atoms with Crippen molar-refractivity contribution in [3.05, 3.63) is 21.7 Å². The Bertz CT molecular complexity index is 613. The van der Waals surface area contributed by atoms with Crippen molar-refractivity contribution in [3.8, 4) is 0 Å². The van der Waals surface area contributed by atoms with Crippen LogP contribution in [0, 0.1) is 0 Å². The molecule has 0 radical (unpaired) electrons. The molecule has 3 rings (SSSR count). The van der Waals surface area contributed by atoms with Crippen molar-refractivity contribution in [2.45, 2.75) is 44.8 Å². The van der Waals surface area contributed by atoms with Gasteiger partial charge in [-0.2, -0.15) is 4.98 Å². The van der Waals surface area contributed by atoms with Crippen LogP contribution < -0.4 is 11.4 Å². The fourth-order valence-electron chi connectivity index (χ4n) is 2.30. The fourth-order valence-corrected chi connectivity index (χ4v) is 3.67. The average molecular weight is 350 g/mol. The van der Waals surface area contributed by atoms with E-state index >= 15 is 0 Å². The number of anilines is 1. The largest absolute Gasteiger partial charge is 0.382 e. The van der Waals surface area contributed by atoms with E-state index in [1.165, 1.54) is 10.8 Å². The minimum atomic E-state index is -1.38. The van der Waals surface area contributed by atoms with E-state index in [-0.39, 0.29) is 29.2 Å². The van der Waals surface area contributed by atoms with E-state index in [4.69, 9.17) is 35.6 Å². The molecule has 2 saturated heterocycles. The number of fused-ring (bicyclic) bond motifs is 1. The monoisotopic (exact) mass is 349 g/mol. The number of nitrogen functional groups attached to an aromatic ring is 1. The van der Waals surface area contributed by atoms with Gasteiger partial charge in [0, 0.05) is 12.6 Å². The van der Waals surface area contributed by atoms with E-state index < -0.39 is 20.5 Å². The molecule has 4 atom stereocenters. The zero-order valence-electron chi connectivity index (χ0n) is 12.1. The van der Waals surface area contributed by atoms with Crippen molar-refractivity contribution in [1.29, 1.82) is 0 Å². The summed E-state index contributed by atoms with van der Waals surface area (Å²) >= 11 is 5.92. The fraction of sp³-hybridized carbons (Fsp3) is 0.667. The second kappa shape index (κ2) is 6.39. The molecule has 2 aliphatic rings. The van der Waals surface area contributed by atoms with Crippen LogP contribution in [0.15, 0.2) is 11.0 Å². The second-order valence-electron chi connectivity index (χ2n) is 5.35. The average Bonchev–Trinajstić information content (AvgIpc) is 2.85. The van der Waals surface area contributed by atoms with Gasteiger partial charge in [-0.1, -0.05) is 11.6 Å². The van der Waals surface area contributed by atoms with Crippen molar-refractivity contribution in [3.63, 3.8) is 0 Å². The predicted octanol–water partition coefficient (Wildman–Crippen LogP) is 1.83. The van der Waals surface area contributed by atoms with Gasteiger partial charge in [-0.05, 0) is 13.8 Å². The van der Waals surface area contributed by atoms with Crippen molar-refractivity contribution >= 4 is 26.0 Å². The molecule has 1 aromatic rings. The minimum absolute atomic E-state index is 0.00627. The van der Waals surface area contributed by atoms with Gasteiger partial charge in [0.25, 0.3) is 0 Å². The second-order valence-corrected chi connectivity index (χ2v) is 6.88. The van der Waals surface area contributed by atoms with E-state index in [2.05, 4.69) is 4.98 Å². The molecule has 8 nitrogen and oxygen atoms in total. The Morgan fingerprint density at radius 3 is 3.05 bits per heavy atom. The Balaban J connectivity index is 1.73. The molecule has 0 saturated carbocycles. The van der Waals surface area contributed by atoms with Crippen molar-refractivity contribution in [1.82, 2.24) is 9.55 Å². The van der Waals surface area contributed by atoms with Gasteiger partial charge < -0.3 is 24.0 Å². The van der Waals surface area contributed by atoms with Crippen LogP contribution in [0.2, 0.25) is 5.02 Å². The smallest absolute Gasteiger partial charge is 0.351 e. The van der Waals surface area contributed by atoms with Crippen molar-refractivity contribution in [2.75, 3.05) is 12.3 Å². The van der Waals surface area contributed by atoms with Gasteiger partial charge in [0.2, 0.25) is 0 Å². The number of ether oxygens (including phenoxy) is 1. The third kappa shape index (κ3) is 3.27. The normalized spacial score (nSPS) is 31.5. The number of nitrogens with zero attached hydrogens (tertiary/aromatic N) is 2. The van der Waals surface area contributed by atoms with Crippen LogP contribution in [-0.2, 0) is 18.3 Å². The SMILES string of the molecule is CC(C)OP1OCC2OC(n3cc(Cl)c(N)nc3=O)CC2O1. The molecular weight excluding hydrogens is 333 g/mol. The molecule has 2 N–H and O–H groups in total. The molecule has 2 aliphatic heterocycles. The van der Waals surface area contributed by atoms with Crippen LogP contribution >= 0.6 is 20.2 Å². The highest BCUT2D eigenvalue weighted by Gasteiger charge is 2.43. The van der Waals surface area contributed by atoms with Crippen molar-refractivity contribution < 1.29 is 18.3 Å². The number of hydrogen-bond donors (Lipinski definition) is 1. The van der Waals surface area contributed by atoms with Gasteiger partial charge in [-0.3, -0.25) is 4.57 Å². The van der Waals surface area contributed by atoms with E-state index in [9.17, 15) is 4.79 Å². The standard InChI is InChI=1S/C12H17ClN3O5P/c1-6(2)20-22-18-5-9-8(21-22)3-10(19-9)16-4-7(13)11(14)15-12(16)17/h4,6,8-10H,3,5H2,1-2H3,(H2,14,15,17). The van der Waals surface area contributed by atoms with E-state index in [0.29, 0.717) is 13.0 Å². The molecule has 1 aromatic heterocycles. The Kier molecular flexibility index (Phi) is 4.68. The van der Waals surface area contributed by atoms with Crippen LogP contribution in [0.1, 0.15) is 26.5 Å². The lowest BCUT2D eigenvalue weighted by molar-refractivity contribution is -0.0640.